The van der Waals surface area contributed by atoms with Crippen molar-refractivity contribution in [3.8, 4) is 0 Å². The molecule has 3 nitrogen and oxygen atoms in total. The number of amides is 1. The Balaban J connectivity index is 1.73. The third kappa shape index (κ3) is 4.91. The van der Waals surface area contributed by atoms with Crippen LogP contribution in [0.15, 0.2) is 18.2 Å². The van der Waals surface area contributed by atoms with Crippen molar-refractivity contribution in [2.75, 3.05) is 16.8 Å². The van der Waals surface area contributed by atoms with Gasteiger partial charge in [-0.25, -0.2) is 0 Å². The highest BCUT2D eigenvalue weighted by Crippen LogP contribution is 2.29. The number of nitrogens with one attached hydrogen (secondary N) is 1. The third-order valence-corrected chi connectivity index (χ3v) is 5.14. The lowest BCUT2D eigenvalue weighted by atomic mass is 10.0. The molecule has 110 valence electrons. The summed E-state index contributed by atoms with van der Waals surface area (Å²) in [7, 11) is 0. The lowest BCUT2D eigenvalue weighted by Gasteiger charge is -2.20. The predicted molar refractivity (Wildman–Crippen MR) is 88.4 cm³/mol. The smallest absolute Gasteiger partial charge is 0.225 e. The Morgan fingerprint density at radius 3 is 2.85 bits per heavy atom. The fourth-order valence-corrected chi connectivity index (χ4v) is 3.87. The van der Waals surface area contributed by atoms with Crippen molar-refractivity contribution in [3.63, 3.8) is 0 Å². The monoisotopic (exact) mass is 312 g/mol. The van der Waals surface area contributed by atoms with Gasteiger partial charge in [-0.15, -0.1) is 0 Å². The molecular weight excluding hydrogens is 292 g/mol. The molecule has 0 radical (unpaired) electrons. The maximum Gasteiger partial charge on any atom is 0.225 e. The zero-order valence-electron chi connectivity index (χ0n) is 11.5. The van der Waals surface area contributed by atoms with Crippen molar-refractivity contribution >= 4 is 40.6 Å². The van der Waals surface area contributed by atoms with Crippen molar-refractivity contribution in [2.24, 2.45) is 0 Å². The van der Waals surface area contributed by atoms with Gasteiger partial charge in [-0.2, -0.15) is 11.8 Å². The third-order valence-electron chi connectivity index (χ3n) is 3.52. The summed E-state index contributed by atoms with van der Waals surface area (Å²) in [5.41, 5.74) is 6.95. The van der Waals surface area contributed by atoms with Crippen LogP contribution >= 0.6 is 23.4 Å². The van der Waals surface area contributed by atoms with Crippen LogP contribution in [0.3, 0.4) is 0 Å². The summed E-state index contributed by atoms with van der Waals surface area (Å²) in [4.78, 5) is 11.9. The molecule has 0 aliphatic heterocycles. The molecule has 1 amide bonds. The lowest BCUT2D eigenvalue weighted by Crippen LogP contribution is -2.15. The van der Waals surface area contributed by atoms with Gasteiger partial charge in [-0.1, -0.05) is 30.9 Å². The molecule has 0 spiro atoms. The summed E-state index contributed by atoms with van der Waals surface area (Å²) in [5, 5.41) is 4.15. The summed E-state index contributed by atoms with van der Waals surface area (Å²) < 4.78 is 0. The summed E-state index contributed by atoms with van der Waals surface area (Å²) >= 11 is 7.82. The quantitative estimate of drug-likeness (QED) is 0.796. The van der Waals surface area contributed by atoms with Gasteiger partial charge in [0.05, 0.1) is 11.4 Å². The minimum Gasteiger partial charge on any atom is -0.397 e. The molecule has 5 heteroatoms. The van der Waals surface area contributed by atoms with Crippen LogP contribution in [0.25, 0.3) is 0 Å². The zero-order valence-corrected chi connectivity index (χ0v) is 13.1. The summed E-state index contributed by atoms with van der Waals surface area (Å²) in [6, 6.07) is 5.10. The average molecular weight is 313 g/mol. The number of hydrogen-bond acceptors (Lipinski definition) is 3. The van der Waals surface area contributed by atoms with E-state index in [-0.39, 0.29) is 5.91 Å². The molecule has 1 aromatic carbocycles. The number of benzene rings is 1. The molecular formula is C15H21ClN2OS. The van der Waals surface area contributed by atoms with Crippen molar-refractivity contribution in [3.05, 3.63) is 23.2 Å². The fourth-order valence-electron chi connectivity index (χ4n) is 2.40. The summed E-state index contributed by atoms with van der Waals surface area (Å²) in [5.74, 6) is 0.874. The summed E-state index contributed by atoms with van der Waals surface area (Å²) in [6.07, 6.45) is 7.16. The Labute approximate surface area is 129 Å². The molecule has 1 aromatic rings. The number of anilines is 2. The first-order valence-corrected chi connectivity index (χ1v) is 8.54. The van der Waals surface area contributed by atoms with Crippen LogP contribution in [0.1, 0.15) is 38.5 Å². The van der Waals surface area contributed by atoms with E-state index in [0.29, 0.717) is 22.8 Å². The lowest BCUT2D eigenvalue weighted by molar-refractivity contribution is -0.115. The van der Waals surface area contributed by atoms with Crippen molar-refractivity contribution in [1.82, 2.24) is 0 Å². The Kier molecular flexibility index (Phi) is 6.05. The fraction of sp³-hybridized carbons (Fsp3) is 0.533. The Morgan fingerprint density at radius 2 is 2.10 bits per heavy atom. The number of nitrogen functional groups attached to an aromatic ring is 1. The number of thioether (sulfide) groups is 1. The van der Waals surface area contributed by atoms with Gasteiger partial charge < -0.3 is 11.1 Å². The van der Waals surface area contributed by atoms with Gasteiger partial charge in [-0.05, 0) is 31.0 Å². The Hall–Kier alpha value is -0.870. The highest BCUT2D eigenvalue weighted by atomic mass is 35.5. The van der Waals surface area contributed by atoms with Gasteiger partial charge in [0.15, 0.2) is 0 Å². The number of carbonyl (C=O) groups is 1. The minimum absolute atomic E-state index is 0.00211. The first-order chi connectivity index (χ1) is 9.65. The molecule has 0 heterocycles. The number of halogens is 1. The van der Waals surface area contributed by atoms with Crippen molar-refractivity contribution < 1.29 is 4.79 Å². The maximum atomic E-state index is 11.9. The Morgan fingerprint density at radius 1 is 1.35 bits per heavy atom. The molecule has 20 heavy (non-hydrogen) atoms. The highest BCUT2D eigenvalue weighted by Gasteiger charge is 2.14. The first-order valence-electron chi connectivity index (χ1n) is 7.11. The highest BCUT2D eigenvalue weighted by molar-refractivity contribution is 7.99. The number of rotatable bonds is 5. The molecule has 0 unspecified atom stereocenters. The van der Waals surface area contributed by atoms with Crippen molar-refractivity contribution in [2.45, 2.75) is 43.8 Å². The van der Waals surface area contributed by atoms with E-state index in [0.717, 1.165) is 11.0 Å². The van der Waals surface area contributed by atoms with Crippen LogP contribution in [-0.2, 0) is 4.79 Å². The molecule has 1 aliphatic rings. The van der Waals surface area contributed by atoms with Crippen LogP contribution in [-0.4, -0.2) is 16.9 Å². The molecule has 1 aliphatic carbocycles. The molecule has 1 fully saturated rings. The van der Waals surface area contributed by atoms with E-state index in [1.807, 2.05) is 11.8 Å². The largest absolute Gasteiger partial charge is 0.397 e. The van der Waals surface area contributed by atoms with E-state index >= 15 is 0 Å². The standard InChI is InChI=1S/C15H21ClN2OS/c16-11-6-7-13(17)14(10-11)18-15(19)8-9-20-12-4-2-1-3-5-12/h6-7,10,12H,1-5,8-9,17H2,(H,18,19). The normalized spacial score (nSPS) is 16.1. The van der Waals surface area contributed by atoms with Crippen molar-refractivity contribution in [1.29, 1.82) is 0 Å². The number of nitrogens with two attached hydrogens (primary N) is 1. The second-order valence-electron chi connectivity index (χ2n) is 5.16. The number of carbonyl (C=O) groups excluding carboxylic acids is 1. The molecule has 0 saturated heterocycles. The van der Waals surface area contributed by atoms with E-state index in [9.17, 15) is 4.79 Å². The second kappa shape index (κ2) is 7.79. The first kappa shape index (κ1) is 15.5. The summed E-state index contributed by atoms with van der Waals surface area (Å²) in [6.45, 7) is 0. The molecule has 0 atom stereocenters. The van der Waals surface area contributed by atoms with Crippen LogP contribution < -0.4 is 11.1 Å². The van der Waals surface area contributed by atoms with Gasteiger partial charge in [0, 0.05) is 22.4 Å². The average Bonchev–Trinajstić information content (AvgIpc) is 2.44. The molecule has 2 rings (SSSR count). The molecule has 1 saturated carbocycles. The molecule has 3 N–H and O–H groups in total. The predicted octanol–water partition coefficient (Wildman–Crippen LogP) is 4.32. The Bertz CT molecular complexity index is 461. The van der Waals surface area contributed by atoms with Crippen LogP contribution in [0.4, 0.5) is 11.4 Å². The topological polar surface area (TPSA) is 55.1 Å². The minimum atomic E-state index is 0.00211. The molecule has 0 bridgehead atoms. The SMILES string of the molecule is Nc1ccc(Cl)cc1NC(=O)CCSC1CCCCC1. The number of hydrogen-bond donors (Lipinski definition) is 2. The van der Waals surface area contributed by atoms with E-state index in [1.165, 1.54) is 32.1 Å². The van der Waals surface area contributed by atoms with Crippen LogP contribution in [0, 0.1) is 0 Å². The second-order valence-corrected chi connectivity index (χ2v) is 7.01. The maximum absolute atomic E-state index is 11.9. The zero-order chi connectivity index (χ0) is 14.4. The van der Waals surface area contributed by atoms with Crippen LogP contribution in [0.5, 0.6) is 0 Å². The van der Waals surface area contributed by atoms with Gasteiger partial charge in [0.25, 0.3) is 0 Å². The van der Waals surface area contributed by atoms with Gasteiger partial charge in [0.1, 0.15) is 0 Å². The van der Waals surface area contributed by atoms with E-state index in [4.69, 9.17) is 17.3 Å². The van der Waals surface area contributed by atoms with Gasteiger partial charge in [-0.3, -0.25) is 4.79 Å². The van der Waals surface area contributed by atoms with E-state index in [1.54, 1.807) is 18.2 Å². The van der Waals surface area contributed by atoms with Gasteiger partial charge in [0.2, 0.25) is 5.91 Å². The molecule has 0 aromatic heterocycles. The van der Waals surface area contributed by atoms with E-state index in [2.05, 4.69) is 5.32 Å². The van der Waals surface area contributed by atoms with E-state index < -0.39 is 0 Å². The van der Waals surface area contributed by atoms with Crippen LogP contribution in [0.2, 0.25) is 5.02 Å². The van der Waals surface area contributed by atoms with Gasteiger partial charge >= 0.3 is 0 Å².